The molecule has 0 bridgehead atoms. The van der Waals surface area contributed by atoms with Crippen LogP contribution in [0.2, 0.25) is 0 Å². The van der Waals surface area contributed by atoms with E-state index in [0.29, 0.717) is 5.56 Å². The highest BCUT2D eigenvalue weighted by molar-refractivity contribution is 5.85. The van der Waals surface area contributed by atoms with Gasteiger partial charge in [-0.05, 0) is 48.4 Å². The second-order valence-corrected chi connectivity index (χ2v) is 8.89. The van der Waals surface area contributed by atoms with Gasteiger partial charge in [-0.3, -0.25) is 4.40 Å². The highest BCUT2D eigenvalue weighted by atomic mass is 19.1. The minimum atomic E-state index is -0.232. The molecule has 0 aliphatic carbocycles. The number of pyridine rings is 1. The fourth-order valence-corrected chi connectivity index (χ4v) is 5.07. The van der Waals surface area contributed by atoms with Gasteiger partial charge in [-0.15, -0.1) is 0 Å². The van der Waals surface area contributed by atoms with Crippen molar-refractivity contribution in [1.29, 1.82) is 5.26 Å². The average molecular weight is 459 g/mol. The van der Waals surface area contributed by atoms with Crippen molar-refractivity contribution in [2.45, 2.75) is 26.3 Å². The molecular weight excluding hydrogens is 429 g/mol. The number of imidazole rings is 1. The number of benzene rings is 2. The van der Waals surface area contributed by atoms with Crippen LogP contribution in [0.3, 0.4) is 0 Å². The van der Waals surface area contributed by atoms with E-state index in [0.717, 1.165) is 84.9 Å². The summed E-state index contributed by atoms with van der Waals surface area (Å²) in [7, 11) is 1.63. The standard InChI is InChI=1S/C27H28FN5O/c1-3-6-19-16-26(33-24-8-5-4-7-23(24)30-27(33)22(19)17-29)32-13-11-31(12-14-32)18-20-15-21(28)9-10-25(20)34-2/h4-5,7-10,15-16H,3,6,11-14,18H2,1-2H3/p+1. The molecule has 1 N–H and O–H groups in total. The van der Waals surface area contributed by atoms with Crippen molar-refractivity contribution in [3.05, 3.63) is 71.0 Å². The first-order chi connectivity index (χ1) is 16.6. The van der Waals surface area contributed by atoms with Gasteiger partial charge in [0.25, 0.3) is 0 Å². The van der Waals surface area contributed by atoms with E-state index in [2.05, 4.69) is 34.4 Å². The molecule has 0 saturated carbocycles. The summed E-state index contributed by atoms with van der Waals surface area (Å²) in [4.78, 5) is 8.64. The number of hydrogen-bond donors (Lipinski definition) is 1. The summed E-state index contributed by atoms with van der Waals surface area (Å²) in [5.41, 5.74) is 5.29. The van der Waals surface area contributed by atoms with Gasteiger partial charge in [-0.1, -0.05) is 25.5 Å². The van der Waals surface area contributed by atoms with E-state index < -0.39 is 0 Å². The molecule has 2 aromatic carbocycles. The summed E-state index contributed by atoms with van der Waals surface area (Å²) < 4.78 is 21.4. The minimum absolute atomic E-state index is 0.232. The van der Waals surface area contributed by atoms with Gasteiger partial charge in [0.2, 0.25) is 0 Å². The molecule has 6 nitrogen and oxygen atoms in total. The Balaban J connectivity index is 1.47. The maximum absolute atomic E-state index is 13.8. The zero-order valence-electron chi connectivity index (χ0n) is 19.6. The molecule has 0 spiro atoms. The van der Waals surface area contributed by atoms with Gasteiger partial charge in [0.1, 0.15) is 30.0 Å². The molecule has 1 fully saturated rings. The number of halogens is 1. The van der Waals surface area contributed by atoms with Crippen LogP contribution < -0.4 is 14.5 Å². The first-order valence-electron chi connectivity index (χ1n) is 11.9. The minimum Gasteiger partial charge on any atom is -0.496 e. The maximum Gasteiger partial charge on any atom is 0.157 e. The fraction of sp³-hybridized carbons (Fsp3) is 0.333. The van der Waals surface area contributed by atoms with Crippen molar-refractivity contribution in [1.82, 2.24) is 9.38 Å². The molecule has 34 heavy (non-hydrogen) atoms. The number of aryl methyl sites for hydroxylation is 1. The molecule has 174 valence electrons. The summed E-state index contributed by atoms with van der Waals surface area (Å²) in [6, 6.07) is 17.4. The quantitative estimate of drug-likeness (QED) is 0.481. The molecule has 0 amide bonds. The van der Waals surface area contributed by atoms with Crippen LogP contribution in [0.25, 0.3) is 16.7 Å². The van der Waals surface area contributed by atoms with Crippen LogP contribution in [0.15, 0.2) is 48.5 Å². The van der Waals surface area contributed by atoms with Crippen molar-refractivity contribution < 1.29 is 14.0 Å². The topological polar surface area (TPSA) is 58.0 Å². The summed E-state index contributed by atoms with van der Waals surface area (Å²) in [6.07, 6.45) is 1.82. The summed E-state index contributed by atoms with van der Waals surface area (Å²) in [5, 5.41) is 9.95. The number of piperazine rings is 1. The number of rotatable bonds is 6. The molecular formula is C27H29FN5O+. The van der Waals surface area contributed by atoms with E-state index >= 15 is 0 Å². The zero-order chi connectivity index (χ0) is 23.7. The third-order valence-corrected chi connectivity index (χ3v) is 6.75. The summed E-state index contributed by atoms with van der Waals surface area (Å²) in [5.74, 6) is 1.59. The lowest BCUT2D eigenvalue weighted by Gasteiger charge is -2.34. The van der Waals surface area contributed by atoms with E-state index in [-0.39, 0.29) is 5.82 Å². The van der Waals surface area contributed by atoms with Crippen molar-refractivity contribution in [2.75, 3.05) is 38.2 Å². The van der Waals surface area contributed by atoms with Crippen molar-refractivity contribution in [2.24, 2.45) is 0 Å². The Morgan fingerprint density at radius 1 is 1.12 bits per heavy atom. The van der Waals surface area contributed by atoms with Crippen LogP contribution in [-0.2, 0) is 13.0 Å². The Bertz CT molecular complexity index is 1380. The lowest BCUT2D eigenvalue weighted by molar-refractivity contribution is -0.914. The summed E-state index contributed by atoms with van der Waals surface area (Å²) in [6.45, 7) is 6.45. The number of nitrogens with zero attached hydrogens (tertiary/aromatic N) is 4. The lowest BCUT2D eigenvalue weighted by atomic mass is 10.0. The molecule has 3 heterocycles. The van der Waals surface area contributed by atoms with Crippen molar-refractivity contribution >= 4 is 22.5 Å². The van der Waals surface area contributed by atoms with Gasteiger partial charge in [-0.2, -0.15) is 5.26 Å². The van der Waals surface area contributed by atoms with E-state index in [9.17, 15) is 9.65 Å². The highest BCUT2D eigenvalue weighted by Crippen LogP contribution is 2.30. The number of nitriles is 1. The number of ether oxygens (including phenoxy) is 1. The highest BCUT2D eigenvalue weighted by Gasteiger charge is 2.26. The molecule has 1 aliphatic rings. The maximum atomic E-state index is 13.8. The normalized spacial score (nSPS) is 14.6. The third kappa shape index (κ3) is 3.95. The second kappa shape index (κ2) is 9.32. The number of anilines is 1. The number of nitrogens with one attached hydrogen (secondary N) is 1. The number of aromatic nitrogens is 2. The van der Waals surface area contributed by atoms with Crippen LogP contribution in [0, 0.1) is 17.1 Å². The monoisotopic (exact) mass is 458 g/mol. The molecule has 7 heteroatoms. The Morgan fingerprint density at radius 3 is 2.65 bits per heavy atom. The largest absolute Gasteiger partial charge is 0.496 e. The summed E-state index contributed by atoms with van der Waals surface area (Å²) >= 11 is 0. The SMILES string of the molecule is CCCc1cc(N2CC[NH+](Cc3cc(F)ccc3OC)CC2)n2c(nc3ccccc32)c1C#N. The second-order valence-electron chi connectivity index (χ2n) is 8.89. The van der Waals surface area contributed by atoms with Gasteiger partial charge in [-0.25, -0.2) is 9.37 Å². The third-order valence-electron chi connectivity index (χ3n) is 6.75. The van der Waals surface area contributed by atoms with E-state index in [1.165, 1.54) is 11.0 Å². The Labute approximate surface area is 198 Å². The molecule has 1 aliphatic heterocycles. The van der Waals surface area contributed by atoms with Gasteiger partial charge in [0.05, 0.1) is 55.4 Å². The molecule has 0 atom stereocenters. The molecule has 5 rings (SSSR count). The number of quaternary nitrogens is 1. The predicted octanol–water partition coefficient (Wildman–Crippen LogP) is 3.36. The number of hydrogen-bond acceptors (Lipinski definition) is 4. The van der Waals surface area contributed by atoms with E-state index in [4.69, 9.17) is 9.72 Å². The molecule has 1 saturated heterocycles. The fourth-order valence-electron chi connectivity index (χ4n) is 5.07. The van der Waals surface area contributed by atoms with Crippen LogP contribution >= 0.6 is 0 Å². The first kappa shape index (κ1) is 22.2. The van der Waals surface area contributed by atoms with Gasteiger partial charge in [0, 0.05) is 0 Å². The van der Waals surface area contributed by atoms with Crippen LogP contribution in [0.4, 0.5) is 10.2 Å². The number of para-hydroxylation sites is 2. The van der Waals surface area contributed by atoms with Crippen molar-refractivity contribution in [3.63, 3.8) is 0 Å². The predicted molar refractivity (Wildman–Crippen MR) is 131 cm³/mol. The average Bonchev–Trinajstić information content (AvgIpc) is 3.24. The number of fused-ring (bicyclic) bond motifs is 3. The van der Waals surface area contributed by atoms with Crippen LogP contribution in [0.1, 0.15) is 30.0 Å². The molecule has 4 aromatic rings. The van der Waals surface area contributed by atoms with Gasteiger partial charge < -0.3 is 14.5 Å². The lowest BCUT2D eigenvalue weighted by Crippen LogP contribution is -3.13. The molecule has 2 aromatic heterocycles. The smallest absolute Gasteiger partial charge is 0.157 e. The van der Waals surface area contributed by atoms with E-state index in [1.807, 2.05) is 18.2 Å². The number of methoxy groups -OCH3 is 1. The van der Waals surface area contributed by atoms with E-state index in [1.54, 1.807) is 19.2 Å². The van der Waals surface area contributed by atoms with Crippen molar-refractivity contribution in [3.8, 4) is 11.8 Å². The molecule has 0 unspecified atom stereocenters. The molecule has 0 radical (unpaired) electrons. The first-order valence-corrected chi connectivity index (χ1v) is 11.9. The Hall–Kier alpha value is -3.63. The Kier molecular flexibility index (Phi) is 6.08. The van der Waals surface area contributed by atoms with Gasteiger partial charge >= 0.3 is 0 Å². The zero-order valence-corrected chi connectivity index (χ0v) is 19.6. The van der Waals surface area contributed by atoms with Crippen LogP contribution in [-0.4, -0.2) is 42.7 Å². The Morgan fingerprint density at radius 2 is 1.91 bits per heavy atom. The van der Waals surface area contributed by atoms with Gasteiger partial charge in [0.15, 0.2) is 5.65 Å². The van der Waals surface area contributed by atoms with Crippen LogP contribution in [0.5, 0.6) is 5.75 Å².